The summed E-state index contributed by atoms with van der Waals surface area (Å²) in [5.74, 6) is -2.19. The molecule has 8 atom stereocenters. The molecular weight excluding hydrogens is 784 g/mol. The van der Waals surface area contributed by atoms with Crippen molar-refractivity contribution in [3.63, 3.8) is 0 Å². The number of carbonyl (C=O) groups excluding carboxylic acids is 4. The number of esters is 4. The van der Waals surface area contributed by atoms with E-state index in [2.05, 4.69) is 43.9 Å². The Labute approximate surface area is 354 Å². The van der Waals surface area contributed by atoms with Gasteiger partial charge in [-0.15, -0.1) is 0 Å². The highest BCUT2D eigenvalue weighted by Crippen LogP contribution is 2.27. The number of hydrogen-bond acceptors (Lipinski definition) is 20. The van der Waals surface area contributed by atoms with Crippen molar-refractivity contribution in [3.05, 3.63) is 0 Å². The molecule has 0 heterocycles. The number of aliphatic imine (C=N–C) groups is 2. The van der Waals surface area contributed by atoms with Gasteiger partial charge < -0.3 is 37.9 Å². The van der Waals surface area contributed by atoms with E-state index in [-0.39, 0.29) is 64.6 Å². The number of hydrogen-bond donors (Lipinski definition) is 0. The van der Waals surface area contributed by atoms with Gasteiger partial charge in [-0.2, -0.15) is 31.0 Å². The number of nitriles is 2. The molecule has 0 amide bonds. The molecule has 20 heteroatoms. The van der Waals surface area contributed by atoms with Crippen LogP contribution in [0.25, 0.3) is 0 Å². The normalized spacial score (nSPS) is 17.5. The van der Waals surface area contributed by atoms with Gasteiger partial charge >= 0.3 is 23.9 Å². The number of ether oxygens (including phenoxy) is 8. The van der Waals surface area contributed by atoms with Crippen molar-refractivity contribution >= 4 is 37.3 Å². The van der Waals surface area contributed by atoms with Crippen molar-refractivity contribution in [1.82, 2.24) is 0 Å². The minimum atomic E-state index is -1.43. The molecular formula is C40H66N8O12. The first-order valence-corrected chi connectivity index (χ1v) is 20.0. The molecule has 0 radical (unpaired) electrons. The quantitative estimate of drug-likeness (QED) is 0.0163. The second-order valence-corrected chi connectivity index (χ2v) is 14.5. The minimum Gasteiger partial charge on any atom is -0.436 e. The van der Waals surface area contributed by atoms with Crippen LogP contribution >= 0.6 is 0 Å². The van der Waals surface area contributed by atoms with Crippen LogP contribution in [0.1, 0.15) is 133 Å². The molecule has 0 aliphatic heterocycles. The fourth-order valence-electron chi connectivity index (χ4n) is 4.67. The molecule has 0 fully saturated rings. The van der Waals surface area contributed by atoms with Gasteiger partial charge in [0.1, 0.15) is 0 Å². The van der Waals surface area contributed by atoms with Crippen LogP contribution in [0.2, 0.25) is 0 Å². The van der Waals surface area contributed by atoms with E-state index >= 15 is 0 Å². The molecule has 0 aromatic heterocycles. The topological polar surface area (TPSA) is 264 Å². The van der Waals surface area contributed by atoms with Gasteiger partial charge in [-0.25, -0.2) is 0 Å². The van der Waals surface area contributed by atoms with E-state index in [0.717, 1.165) is 0 Å². The van der Waals surface area contributed by atoms with Gasteiger partial charge in [0.15, 0.2) is 47.6 Å². The Morgan fingerprint density at radius 1 is 0.517 bits per heavy atom. The third kappa shape index (κ3) is 25.0. The number of azo groups is 2. The highest BCUT2D eigenvalue weighted by atomic mass is 16.7. The Balaban J connectivity index is 4.61. The molecule has 338 valence electrons. The smallest absolute Gasteiger partial charge is 0.308 e. The van der Waals surface area contributed by atoms with Crippen LogP contribution in [-0.2, 0) is 57.1 Å². The Morgan fingerprint density at radius 3 is 1.07 bits per heavy atom. The van der Waals surface area contributed by atoms with E-state index in [9.17, 15) is 29.7 Å². The summed E-state index contributed by atoms with van der Waals surface area (Å²) in [5.41, 5.74) is -5.13. The zero-order valence-electron chi connectivity index (χ0n) is 37.1. The summed E-state index contributed by atoms with van der Waals surface area (Å²) in [6, 6.07) is 4.02. The zero-order valence-corrected chi connectivity index (χ0v) is 37.1. The van der Waals surface area contributed by atoms with Gasteiger partial charge in [-0.3, -0.25) is 29.2 Å². The van der Waals surface area contributed by atoms with Crippen molar-refractivity contribution < 1.29 is 57.1 Å². The molecule has 0 aliphatic rings. The van der Waals surface area contributed by atoms with E-state index < -0.39 is 71.4 Å². The molecule has 60 heavy (non-hydrogen) atoms. The second kappa shape index (κ2) is 28.7. The predicted molar refractivity (Wildman–Crippen MR) is 217 cm³/mol. The van der Waals surface area contributed by atoms with Crippen molar-refractivity contribution in [3.8, 4) is 12.1 Å². The second-order valence-electron chi connectivity index (χ2n) is 14.5. The summed E-state index contributed by atoms with van der Waals surface area (Å²) >= 11 is 0. The van der Waals surface area contributed by atoms with Crippen molar-refractivity contribution in [2.24, 2.45) is 30.4 Å². The predicted octanol–water partition coefficient (Wildman–Crippen LogP) is 6.85. The van der Waals surface area contributed by atoms with Crippen LogP contribution in [0.15, 0.2) is 30.4 Å². The summed E-state index contributed by atoms with van der Waals surface area (Å²) in [6.07, 6.45) is -2.03. The molecule has 0 aromatic rings. The largest absolute Gasteiger partial charge is 0.436 e. The molecule has 0 saturated carbocycles. The monoisotopic (exact) mass is 850 g/mol. The number of nitrogens with zero attached hydrogens (tertiary/aromatic N) is 8. The third-order valence-corrected chi connectivity index (χ3v) is 8.61. The highest BCUT2D eigenvalue weighted by Gasteiger charge is 2.31. The van der Waals surface area contributed by atoms with E-state index in [1.54, 1.807) is 55.4 Å². The fourth-order valence-corrected chi connectivity index (χ4v) is 4.67. The first-order valence-electron chi connectivity index (χ1n) is 20.0. The average Bonchev–Trinajstić information content (AvgIpc) is 3.20. The van der Waals surface area contributed by atoms with Crippen LogP contribution in [0.5, 0.6) is 0 Å². The van der Waals surface area contributed by atoms with E-state index in [0.29, 0.717) is 26.1 Å². The minimum absolute atomic E-state index is 0.00152. The molecule has 0 rings (SSSR count). The highest BCUT2D eigenvalue weighted by molar-refractivity contribution is 5.70. The summed E-state index contributed by atoms with van der Waals surface area (Å²) < 4.78 is 42.5. The number of unbranched alkanes of at least 4 members (excludes halogenated alkanes) is 1. The lowest BCUT2D eigenvalue weighted by Crippen LogP contribution is -2.27. The van der Waals surface area contributed by atoms with Gasteiger partial charge in [0.25, 0.3) is 0 Å². The van der Waals surface area contributed by atoms with Gasteiger partial charge in [-0.1, -0.05) is 0 Å². The van der Waals surface area contributed by atoms with Crippen LogP contribution in [0.3, 0.4) is 0 Å². The Bertz CT molecular complexity index is 1520. The van der Waals surface area contributed by atoms with Crippen molar-refractivity contribution in [2.75, 3.05) is 26.4 Å². The Hall–Kier alpha value is -4.76. The van der Waals surface area contributed by atoms with Crippen molar-refractivity contribution in [2.45, 2.75) is 181 Å². The number of rotatable bonds is 33. The molecule has 0 aliphatic carbocycles. The maximum Gasteiger partial charge on any atom is 0.308 e. The van der Waals surface area contributed by atoms with Crippen LogP contribution in [0, 0.1) is 22.7 Å². The van der Waals surface area contributed by atoms with E-state index in [1.807, 2.05) is 12.1 Å². The van der Waals surface area contributed by atoms with E-state index in [1.165, 1.54) is 13.8 Å². The summed E-state index contributed by atoms with van der Waals surface area (Å²) in [7, 11) is 0. The van der Waals surface area contributed by atoms with Gasteiger partial charge in [0, 0.05) is 51.7 Å². The summed E-state index contributed by atoms with van der Waals surface area (Å²) in [5, 5.41) is 36.0. The number of carbonyl (C=O) groups is 4. The van der Waals surface area contributed by atoms with Gasteiger partial charge in [0.05, 0.1) is 25.4 Å². The summed E-state index contributed by atoms with van der Waals surface area (Å²) in [6.45, 7) is 24.6. The molecule has 0 N–H and O–H groups in total. The van der Waals surface area contributed by atoms with Crippen LogP contribution in [0.4, 0.5) is 0 Å². The fraction of sp³-hybridized carbons (Fsp3) is 0.800. The average molecular weight is 851 g/mol. The first kappa shape index (κ1) is 55.2. The zero-order chi connectivity index (χ0) is 45.8. The maximum atomic E-state index is 12.5. The van der Waals surface area contributed by atoms with E-state index in [4.69, 9.17) is 37.9 Å². The maximum absolute atomic E-state index is 12.5. The molecule has 8 unspecified atom stereocenters. The van der Waals surface area contributed by atoms with Crippen molar-refractivity contribution in [1.29, 1.82) is 10.5 Å². The lowest BCUT2D eigenvalue weighted by molar-refractivity contribution is -0.179. The third-order valence-electron chi connectivity index (χ3n) is 8.61. The first-order chi connectivity index (χ1) is 28.1. The summed E-state index contributed by atoms with van der Waals surface area (Å²) in [4.78, 5) is 57.3. The van der Waals surface area contributed by atoms with Gasteiger partial charge in [-0.05, 0) is 108 Å². The molecule has 20 nitrogen and oxygen atoms in total. The molecule has 0 saturated heterocycles. The lowest BCUT2D eigenvalue weighted by atomic mass is 9.97. The van der Waals surface area contributed by atoms with Crippen LogP contribution < -0.4 is 0 Å². The molecule has 0 spiro atoms. The SMILES string of the molecule is C=NC(C)(CCC(=O)OC(C)OCC)/N=N\C(C)(CCC(=O)OC(C)OCCCCOC(C)OC(=O)CCC(C)(C#N)N=NC(C)(C#N)CCC(=O)OC(C)OCC)N=C. The molecule has 0 aromatic carbocycles. The Morgan fingerprint density at radius 2 is 0.800 bits per heavy atom. The van der Waals surface area contributed by atoms with Crippen LogP contribution in [-0.4, -0.2) is 111 Å². The standard InChI is InChI=1S/C40H66N8O12/c1-13-53-29(3)57-33(49)17-21-37(7,27-41)45-46-38(8,28-42)22-18-34(50)59-31(5)55-25-15-16-26-56-32(6)60-36(52)20-24-40(10,44-12)48-47-39(9,43-11)23-19-35(51)58-30(4)54-14-2/h29-32H,11-26H2,1-10H3/b46-45?,48-47-. The lowest BCUT2D eigenvalue weighted by Gasteiger charge is -2.23. The Kier molecular flexibility index (Phi) is 26.4. The van der Waals surface area contributed by atoms with Gasteiger partial charge in [0.2, 0.25) is 0 Å². The molecule has 0 bridgehead atoms.